The second-order valence-corrected chi connectivity index (χ2v) is 30.9. The molecule has 0 radical (unpaired) electrons. The van der Waals surface area contributed by atoms with Gasteiger partial charge in [-0.3, -0.25) is 0 Å². The summed E-state index contributed by atoms with van der Waals surface area (Å²) in [6.45, 7) is 20.0. The number of rotatable bonds is 12. The van der Waals surface area contributed by atoms with Gasteiger partial charge in [0.15, 0.2) is 0 Å². The summed E-state index contributed by atoms with van der Waals surface area (Å²) < 4.78 is 43.9. The largest absolute Gasteiger partial charge is 0.423 e. The average molecular weight is 1470 g/mol. The summed E-state index contributed by atoms with van der Waals surface area (Å²) in [5.74, 6) is 0. The van der Waals surface area contributed by atoms with Gasteiger partial charge in [-0.2, -0.15) is 23.5 Å². The first kappa shape index (κ1) is 97.8. The van der Waals surface area contributed by atoms with E-state index >= 15 is 0 Å². The van der Waals surface area contributed by atoms with Crippen LogP contribution in [-0.2, 0) is 37.4 Å². The van der Waals surface area contributed by atoms with Crippen LogP contribution in [0.1, 0.15) is 70.0 Å². The zero-order valence-corrected chi connectivity index (χ0v) is 72.3. The Bertz CT molecular complexity index is 2650. The molecule has 6 atom stereocenters. The van der Waals surface area contributed by atoms with Gasteiger partial charge in [0, 0.05) is 67.7 Å². The maximum atomic E-state index is 5.90. The van der Waals surface area contributed by atoms with E-state index in [1.54, 1.807) is 52.0 Å². The van der Waals surface area contributed by atoms with E-state index in [0.29, 0.717) is 0 Å². The minimum Gasteiger partial charge on any atom is -0.423 e. The van der Waals surface area contributed by atoms with Gasteiger partial charge < -0.3 is 76.6 Å². The van der Waals surface area contributed by atoms with Crippen molar-refractivity contribution in [3.05, 3.63) is 179 Å². The second kappa shape index (κ2) is 54.4. The second-order valence-electron chi connectivity index (χ2n) is 29.3. The topological polar surface area (TPSA) is 99.8 Å². The number of hydrogen-bond donors (Lipinski definition) is 0. The highest BCUT2D eigenvalue weighted by Crippen LogP contribution is 2.29. The molecule has 0 aliphatic carbocycles. The fraction of sp³-hybridized carbons (Fsp3) is 0.550. The van der Waals surface area contributed by atoms with Gasteiger partial charge in [0.05, 0.1) is 36.6 Å². The molecule has 12 rings (SSSR count). The van der Waals surface area contributed by atoms with E-state index in [0.717, 1.165) is 39.3 Å². The van der Waals surface area contributed by atoms with Crippen molar-refractivity contribution in [1.29, 1.82) is 0 Å². The van der Waals surface area contributed by atoms with Crippen molar-refractivity contribution in [2.45, 2.75) is 77.6 Å². The Balaban J connectivity index is 0.000000592. The molecule has 16 nitrogen and oxygen atoms in total. The SMILES string of the molecule is CB1OC(CN(C)C)c2ccccc21.CB1OC(CN(C)C)c2ccccc21.CB1OC(CN(C)C)c2ccccc21.CB1OC(CN(C)C)c2ccccc21.CB1OC(CN(C)C)c2ccccc21.CB1OC(CN(C)C)c2ccccc21.CN(C)C.CN(C)C.COC.COC.CSC.CSC. The molecule has 6 unspecified atom stereocenters. The molecule has 6 heterocycles. The van der Waals surface area contributed by atoms with Crippen LogP contribution in [-0.4, -0.2) is 300 Å². The van der Waals surface area contributed by atoms with Gasteiger partial charge in [0.25, 0.3) is 0 Å². The molecule has 0 N–H and O–H groups in total. The quantitative estimate of drug-likeness (QED) is 0.109. The van der Waals surface area contributed by atoms with Gasteiger partial charge in [-0.05, 0) is 218 Å². The molecular formula is C80H138B6N8O8S2. The van der Waals surface area contributed by atoms with Crippen molar-refractivity contribution in [1.82, 2.24) is 39.2 Å². The van der Waals surface area contributed by atoms with E-state index in [-0.39, 0.29) is 78.1 Å². The smallest absolute Gasteiger partial charge is 0.324 e. The van der Waals surface area contributed by atoms with Crippen molar-refractivity contribution in [3.8, 4) is 0 Å². The highest BCUT2D eigenvalue weighted by Gasteiger charge is 2.36. The highest BCUT2D eigenvalue weighted by molar-refractivity contribution is 7.98. The third-order valence-corrected chi connectivity index (χ3v) is 16.1. The maximum absolute atomic E-state index is 5.90. The third-order valence-electron chi connectivity index (χ3n) is 16.1. The van der Waals surface area contributed by atoms with E-state index in [9.17, 15) is 0 Å². The van der Waals surface area contributed by atoms with Crippen molar-refractivity contribution in [2.24, 2.45) is 0 Å². The Hall–Kier alpha value is -4.23. The zero-order chi connectivity index (χ0) is 78.8. The predicted octanol–water partition coefficient (Wildman–Crippen LogP) is 9.73. The van der Waals surface area contributed by atoms with E-state index < -0.39 is 0 Å². The first-order valence-corrected chi connectivity index (χ1v) is 39.6. The molecule has 104 heavy (non-hydrogen) atoms. The normalized spacial score (nSPS) is 17.8. The fourth-order valence-electron chi connectivity index (χ4n) is 12.2. The molecule has 24 heteroatoms. The summed E-state index contributed by atoms with van der Waals surface area (Å²) >= 11 is 3.50. The Morgan fingerprint density at radius 3 is 0.442 bits per heavy atom. The van der Waals surface area contributed by atoms with E-state index in [2.05, 4.69) is 310 Å². The number of thioether (sulfide) groups is 2. The van der Waals surface area contributed by atoms with Gasteiger partial charge in [-0.25, -0.2) is 0 Å². The summed E-state index contributed by atoms with van der Waals surface area (Å²) in [5, 5.41) is 0. The van der Waals surface area contributed by atoms with Gasteiger partial charge >= 0.3 is 41.5 Å². The summed E-state index contributed by atoms with van der Waals surface area (Å²) in [4.78, 5) is 17.0. The Labute approximate surface area is 646 Å². The third kappa shape index (κ3) is 36.8. The van der Waals surface area contributed by atoms with Gasteiger partial charge in [0.2, 0.25) is 0 Å². The Kier molecular flexibility index (Phi) is 51.1. The van der Waals surface area contributed by atoms with E-state index in [1.807, 2.05) is 77.1 Å². The predicted molar refractivity (Wildman–Crippen MR) is 464 cm³/mol. The number of fused-ring (bicyclic) bond motifs is 6. The van der Waals surface area contributed by atoms with Crippen LogP contribution in [0.25, 0.3) is 0 Å². The lowest BCUT2D eigenvalue weighted by molar-refractivity contribution is 0.176. The minimum atomic E-state index is 0.246. The minimum absolute atomic E-state index is 0.246. The zero-order valence-electron chi connectivity index (χ0n) is 70.7. The molecule has 0 spiro atoms. The monoisotopic (exact) mass is 1470 g/mol. The van der Waals surface area contributed by atoms with E-state index in [4.69, 9.17) is 27.9 Å². The summed E-state index contributed by atoms with van der Waals surface area (Å²) in [5.41, 5.74) is 16.2. The summed E-state index contributed by atoms with van der Waals surface area (Å²) in [7, 11) is 43.4. The standard InChI is InChI=1S/6C11H16BNO.2C3H9N.2C2H6O.2C2H6S/c6*1-12-10-7-5-4-6-9(10)11(14-12)8-13(2)3;2*1-4(2)3;4*1-3-2/h6*4-7,11H,8H2,1-3H3;2*1-3H3;4*1-2H3. The summed E-state index contributed by atoms with van der Waals surface area (Å²) in [6, 6.07) is 51.0. The number of hydrogen-bond acceptors (Lipinski definition) is 18. The molecule has 6 aliphatic heterocycles. The van der Waals surface area contributed by atoms with Crippen LogP contribution in [0.3, 0.4) is 0 Å². The first-order valence-electron chi connectivity index (χ1n) is 36.4. The Morgan fingerprint density at radius 1 is 0.250 bits per heavy atom. The number of likely N-dealkylation sites (N-methyl/N-ethyl adjacent to an activating group) is 6. The molecule has 6 aromatic rings. The molecule has 0 bridgehead atoms. The lowest BCUT2D eigenvalue weighted by Gasteiger charge is -2.17. The summed E-state index contributed by atoms with van der Waals surface area (Å²) in [6.07, 6.45) is 9.65. The van der Waals surface area contributed by atoms with Crippen LogP contribution in [0.2, 0.25) is 40.9 Å². The average Bonchev–Trinajstić information content (AvgIpc) is 1.72. The molecule has 0 saturated heterocycles. The number of methoxy groups -OCH3 is 2. The van der Waals surface area contributed by atoms with Crippen molar-refractivity contribution < 1.29 is 37.4 Å². The number of benzene rings is 6. The van der Waals surface area contributed by atoms with Crippen LogP contribution in [0.5, 0.6) is 0 Å². The molecule has 0 aromatic heterocycles. The molecule has 576 valence electrons. The van der Waals surface area contributed by atoms with Crippen LogP contribution < -0.4 is 32.8 Å². The molecular weight excluding hydrogens is 1330 g/mol. The lowest BCUT2D eigenvalue weighted by atomic mass is 9.64. The van der Waals surface area contributed by atoms with Gasteiger partial charge in [0.1, 0.15) is 0 Å². The number of nitrogens with zero attached hydrogens (tertiary/aromatic N) is 8. The van der Waals surface area contributed by atoms with Gasteiger partial charge in [-0.1, -0.05) is 187 Å². The molecule has 6 aromatic carbocycles. The molecule has 0 fully saturated rings. The highest BCUT2D eigenvalue weighted by atomic mass is 32.2. The maximum Gasteiger partial charge on any atom is 0.324 e. The fourth-order valence-corrected chi connectivity index (χ4v) is 12.2. The van der Waals surface area contributed by atoms with Crippen molar-refractivity contribution >= 4 is 97.8 Å². The van der Waals surface area contributed by atoms with Crippen LogP contribution in [0.4, 0.5) is 0 Å². The van der Waals surface area contributed by atoms with Gasteiger partial charge in [-0.15, -0.1) is 0 Å². The van der Waals surface area contributed by atoms with E-state index in [1.165, 1.54) is 66.2 Å². The van der Waals surface area contributed by atoms with Crippen LogP contribution in [0.15, 0.2) is 146 Å². The molecule has 6 aliphatic rings. The Morgan fingerprint density at radius 2 is 0.346 bits per heavy atom. The van der Waals surface area contributed by atoms with Crippen LogP contribution >= 0.6 is 23.5 Å². The first-order chi connectivity index (χ1) is 49.2. The lowest BCUT2D eigenvalue weighted by Crippen LogP contribution is -2.24. The molecule has 0 amide bonds. The number of ether oxygens (including phenoxy) is 2. The van der Waals surface area contributed by atoms with Crippen molar-refractivity contribution in [2.75, 3.05) is 220 Å². The van der Waals surface area contributed by atoms with Crippen LogP contribution in [0, 0.1) is 0 Å². The van der Waals surface area contributed by atoms with Crippen molar-refractivity contribution in [3.63, 3.8) is 0 Å². The molecule has 0 saturated carbocycles.